The predicted molar refractivity (Wildman–Crippen MR) is 106 cm³/mol. The van der Waals surface area contributed by atoms with Crippen LogP contribution < -0.4 is 0 Å². The van der Waals surface area contributed by atoms with Gasteiger partial charge < -0.3 is 23.5 Å². The van der Waals surface area contributed by atoms with E-state index in [1.54, 1.807) is 25.3 Å². The molecule has 0 saturated carbocycles. The van der Waals surface area contributed by atoms with Crippen LogP contribution in [-0.4, -0.2) is 68.8 Å². The molecular formula is C21H24N2O5. The van der Waals surface area contributed by atoms with Gasteiger partial charge in [0.2, 0.25) is 0 Å². The largest absolute Gasteiger partial charge is 0.461 e. The highest BCUT2D eigenvalue weighted by molar-refractivity contribution is 6.12. The molecule has 28 heavy (non-hydrogen) atoms. The molecule has 0 bridgehead atoms. The Labute approximate surface area is 163 Å². The van der Waals surface area contributed by atoms with Gasteiger partial charge in [0, 0.05) is 25.2 Å². The number of benzene rings is 1. The van der Waals surface area contributed by atoms with Gasteiger partial charge in [-0.25, -0.2) is 9.59 Å². The molecule has 3 rings (SSSR count). The number of fused-ring (bicyclic) bond motifs is 3. The van der Waals surface area contributed by atoms with E-state index in [1.807, 2.05) is 47.8 Å². The average Bonchev–Trinajstić information content (AvgIpc) is 3.01. The summed E-state index contributed by atoms with van der Waals surface area (Å²) in [7, 11) is 5.39. The zero-order valence-electron chi connectivity index (χ0n) is 16.3. The Morgan fingerprint density at radius 2 is 1.75 bits per heavy atom. The first-order valence-corrected chi connectivity index (χ1v) is 9.03. The van der Waals surface area contributed by atoms with Crippen molar-refractivity contribution in [2.75, 3.05) is 47.6 Å². The number of rotatable bonds is 8. The van der Waals surface area contributed by atoms with Crippen LogP contribution in [0.15, 0.2) is 42.6 Å². The van der Waals surface area contributed by atoms with Crippen LogP contribution in [0.5, 0.6) is 0 Å². The van der Waals surface area contributed by atoms with Crippen molar-refractivity contribution in [2.24, 2.45) is 0 Å². The molecule has 0 unspecified atom stereocenters. The maximum atomic E-state index is 12.7. The van der Waals surface area contributed by atoms with Crippen molar-refractivity contribution in [3.63, 3.8) is 0 Å². The molecule has 0 fully saturated rings. The maximum absolute atomic E-state index is 12.7. The lowest BCUT2D eigenvalue weighted by molar-refractivity contribution is 0.0387. The van der Waals surface area contributed by atoms with Gasteiger partial charge in [0.25, 0.3) is 0 Å². The summed E-state index contributed by atoms with van der Waals surface area (Å²) in [6.45, 7) is 1.48. The summed E-state index contributed by atoms with van der Waals surface area (Å²) < 4.78 is 17.4. The smallest absolute Gasteiger partial charge is 0.341 e. The molecule has 148 valence electrons. The van der Waals surface area contributed by atoms with Crippen LogP contribution in [0.2, 0.25) is 0 Å². The van der Waals surface area contributed by atoms with E-state index in [4.69, 9.17) is 14.2 Å². The quantitative estimate of drug-likeness (QED) is 0.439. The zero-order valence-corrected chi connectivity index (χ0v) is 16.3. The molecule has 0 radical (unpaired) electrons. The highest BCUT2D eigenvalue weighted by atomic mass is 16.6. The third-order valence-electron chi connectivity index (χ3n) is 4.37. The van der Waals surface area contributed by atoms with Gasteiger partial charge in [-0.3, -0.25) is 0 Å². The molecule has 0 saturated heterocycles. The summed E-state index contributed by atoms with van der Waals surface area (Å²) >= 11 is 0. The van der Waals surface area contributed by atoms with Crippen molar-refractivity contribution in [1.82, 2.24) is 9.30 Å². The second kappa shape index (κ2) is 8.86. The molecule has 2 heterocycles. The standard InChI is InChI=1S/C21H24N2O5/c1-22(2)10-11-27-21(25)19-16-8-7-15(20(24)28-13-12-26-3)14-18(16)23-9-5-4-6-17(19)23/h4-9,14H,10-13H2,1-3H3. The van der Waals surface area contributed by atoms with Crippen LogP contribution in [0.25, 0.3) is 16.4 Å². The minimum atomic E-state index is -0.431. The molecule has 7 heteroatoms. The second-order valence-electron chi connectivity index (χ2n) is 6.63. The van der Waals surface area contributed by atoms with Crippen molar-refractivity contribution in [3.8, 4) is 0 Å². The number of ether oxygens (including phenoxy) is 3. The van der Waals surface area contributed by atoms with Gasteiger partial charge in [0.1, 0.15) is 13.2 Å². The highest BCUT2D eigenvalue weighted by Crippen LogP contribution is 2.28. The van der Waals surface area contributed by atoms with Gasteiger partial charge in [0.15, 0.2) is 0 Å². The van der Waals surface area contributed by atoms with Gasteiger partial charge in [0.05, 0.1) is 28.8 Å². The third kappa shape index (κ3) is 4.16. The van der Waals surface area contributed by atoms with Gasteiger partial charge in [-0.1, -0.05) is 12.1 Å². The van der Waals surface area contributed by atoms with Gasteiger partial charge in [-0.2, -0.15) is 0 Å². The van der Waals surface area contributed by atoms with Crippen LogP contribution in [0, 0.1) is 0 Å². The molecule has 0 aliphatic carbocycles. The Morgan fingerprint density at radius 1 is 0.964 bits per heavy atom. The van der Waals surface area contributed by atoms with Gasteiger partial charge in [-0.15, -0.1) is 0 Å². The number of nitrogens with zero attached hydrogens (tertiary/aromatic N) is 2. The fourth-order valence-corrected chi connectivity index (χ4v) is 2.97. The van der Waals surface area contributed by atoms with E-state index in [1.165, 1.54) is 0 Å². The van der Waals surface area contributed by atoms with Crippen LogP contribution in [0.4, 0.5) is 0 Å². The molecule has 3 aromatic rings. The average molecular weight is 384 g/mol. The summed E-state index contributed by atoms with van der Waals surface area (Å²) in [4.78, 5) is 27.0. The summed E-state index contributed by atoms with van der Waals surface area (Å²) in [5, 5.41) is 0.731. The minimum Gasteiger partial charge on any atom is -0.461 e. The minimum absolute atomic E-state index is 0.186. The van der Waals surface area contributed by atoms with E-state index in [2.05, 4.69) is 0 Å². The normalized spacial score (nSPS) is 11.3. The Bertz CT molecular complexity index is 993. The van der Waals surface area contributed by atoms with Crippen molar-refractivity contribution >= 4 is 28.4 Å². The van der Waals surface area contributed by atoms with E-state index >= 15 is 0 Å². The fourth-order valence-electron chi connectivity index (χ4n) is 2.97. The lowest BCUT2D eigenvalue weighted by atomic mass is 10.1. The van der Waals surface area contributed by atoms with Gasteiger partial charge in [-0.05, 0) is 38.4 Å². The molecule has 0 aliphatic heterocycles. The van der Waals surface area contributed by atoms with E-state index in [9.17, 15) is 9.59 Å². The van der Waals surface area contributed by atoms with E-state index in [0.29, 0.717) is 30.9 Å². The number of hydrogen-bond acceptors (Lipinski definition) is 6. The van der Waals surface area contributed by atoms with Crippen LogP contribution in [0.3, 0.4) is 0 Å². The molecule has 0 aliphatic rings. The predicted octanol–water partition coefficient (Wildman–Crippen LogP) is 2.61. The molecule has 0 atom stereocenters. The number of hydrogen-bond donors (Lipinski definition) is 0. The topological polar surface area (TPSA) is 69.5 Å². The monoisotopic (exact) mass is 384 g/mol. The molecule has 7 nitrogen and oxygen atoms in total. The van der Waals surface area contributed by atoms with E-state index in [-0.39, 0.29) is 12.6 Å². The molecule has 0 N–H and O–H groups in total. The number of esters is 2. The van der Waals surface area contributed by atoms with Crippen molar-refractivity contribution in [1.29, 1.82) is 0 Å². The molecular weight excluding hydrogens is 360 g/mol. The first kappa shape index (κ1) is 19.9. The summed E-state index contributed by atoms with van der Waals surface area (Å²) in [5.41, 5.74) is 2.39. The number of likely N-dealkylation sites (N-methyl/N-ethyl adjacent to an activating group) is 1. The lowest BCUT2D eigenvalue weighted by Crippen LogP contribution is -2.20. The molecule has 0 amide bonds. The van der Waals surface area contributed by atoms with Crippen molar-refractivity contribution in [3.05, 3.63) is 53.7 Å². The third-order valence-corrected chi connectivity index (χ3v) is 4.37. The number of pyridine rings is 1. The number of aromatic nitrogens is 1. The van der Waals surface area contributed by atoms with E-state index < -0.39 is 5.97 Å². The molecule has 1 aromatic carbocycles. The summed E-state index contributed by atoms with van der Waals surface area (Å²) in [6, 6.07) is 10.8. The Morgan fingerprint density at radius 3 is 2.50 bits per heavy atom. The number of carbonyl (C=O) groups is 2. The van der Waals surface area contributed by atoms with Crippen LogP contribution in [-0.2, 0) is 14.2 Å². The highest BCUT2D eigenvalue weighted by Gasteiger charge is 2.20. The Hall–Kier alpha value is -2.90. The molecule has 0 spiro atoms. The van der Waals surface area contributed by atoms with Crippen LogP contribution in [0.1, 0.15) is 20.7 Å². The zero-order chi connectivity index (χ0) is 20.1. The van der Waals surface area contributed by atoms with Crippen molar-refractivity contribution < 1.29 is 23.8 Å². The summed E-state index contributed by atoms with van der Waals surface area (Å²) in [5.74, 6) is -0.809. The SMILES string of the molecule is COCCOC(=O)c1ccc2c(C(=O)OCCN(C)C)c3ccccn3c2c1. The van der Waals surface area contributed by atoms with Crippen molar-refractivity contribution in [2.45, 2.75) is 0 Å². The number of methoxy groups -OCH3 is 1. The van der Waals surface area contributed by atoms with Crippen LogP contribution >= 0.6 is 0 Å². The fraction of sp³-hybridized carbons (Fsp3) is 0.333. The van der Waals surface area contributed by atoms with Gasteiger partial charge >= 0.3 is 11.9 Å². The first-order chi connectivity index (χ1) is 13.5. The maximum Gasteiger partial charge on any atom is 0.341 e. The second-order valence-corrected chi connectivity index (χ2v) is 6.63. The van der Waals surface area contributed by atoms with E-state index in [0.717, 1.165) is 16.4 Å². The Kier molecular flexibility index (Phi) is 6.28. The summed E-state index contributed by atoms with van der Waals surface area (Å²) in [6.07, 6.45) is 1.86. The lowest BCUT2D eigenvalue weighted by Gasteiger charge is -2.09. The molecule has 2 aromatic heterocycles. The first-order valence-electron chi connectivity index (χ1n) is 9.03. The Balaban J connectivity index is 1.97. The number of carbonyl (C=O) groups excluding carboxylic acids is 2.